The van der Waals surface area contributed by atoms with E-state index >= 15 is 0 Å². The number of hydrogen-bond donors (Lipinski definition) is 0. The van der Waals surface area contributed by atoms with Crippen LogP contribution < -0.4 is 0 Å². The highest BCUT2D eigenvalue weighted by atomic mass is 16.5. The van der Waals surface area contributed by atoms with Crippen molar-refractivity contribution in [3.8, 4) is 0 Å². The second kappa shape index (κ2) is 4.74. The van der Waals surface area contributed by atoms with E-state index in [0.717, 1.165) is 12.2 Å². The minimum atomic E-state index is 0.0531. The van der Waals surface area contributed by atoms with Gasteiger partial charge in [-0.1, -0.05) is 0 Å². The minimum Gasteiger partial charge on any atom is -0.381 e. The Morgan fingerprint density at radius 3 is 3.12 bits per heavy atom. The number of carbonyl (C=O) groups excluding carboxylic acids is 1. The zero-order valence-corrected chi connectivity index (χ0v) is 9.72. The molecular weight excluding hydrogens is 206 g/mol. The van der Waals surface area contributed by atoms with Crippen LogP contribution >= 0.6 is 0 Å². The highest BCUT2D eigenvalue weighted by Gasteiger charge is 2.25. The van der Waals surface area contributed by atoms with Gasteiger partial charge in [0.1, 0.15) is 17.9 Å². The summed E-state index contributed by atoms with van der Waals surface area (Å²) in [5, 5.41) is 4.12. The molecule has 5 nitrogen and oxygen atoms in total. The maximum Gasteiger partial charge on any atom is 0.145 e. The van der Waals surface area contributed by atoms with Crippen molar-refractivity contribution in [2.75, 3.05) is 13.2 Å². The zero-order valence-electron chi connectivity index (χ0n) is 9.72. The molecule has 1 fully saturated rings. The molecule has 1 aromatic rings. The second-order valence-corrected chi connectivity index (χ2v) is 4.42. The molecule has 0 radical (unpaired) electrons. The normalized spacial score (nSPS) is 20.6. The molecule has 2 heterocycles. The van der Waals surface area contributed by atoms with Gasteiger partial charge in [0.2, 0.25) is 0 Å². The van der Waals surface area contributed by atoms with E-state index in [0.29, 0.717) is 19.6 Å². The lowest BCUT2D eigenvalue weighted by molar-refractivity contribution is -0.122. The molecule has 0 aromatic carbocycles. The summed E-state index contributed by atoms with van der Waals surface area (Å²) in [5.41, 5.74) is 0. The first-order valence-corrected chi connectivity index (χ1v) is 5.67. The molecule has 88 valence electrons. The first kappa shape index (κ1) is 11.3. The van der Waals surface area contributed by atoms with Gasteiger partial charge in [-0.3, -0.25) is 4.79 Å². The molecule has 1 aliphatic heterocycles. The van der Waals surface area contributed by atoms with Gasteiger partial charge in [0, 0.05) is 18.6 Å². The quantitative estimate of drug-likeness (QED) is 0.764. The molecule has 0 amide bonds. The minimum absolute atomic E-state index is 0.0531. The molecule has 1 unspecified atom stereocenters. The fraction of sp³-hybridized carbons (Fsp3) is 0.727. The number of nitrogens with zero attached hydrogens (tertiary/aromatic N) is 3. The molecule has 0 bridgehead atoms. The molecule has 1 aliphatic rings. The Kier molecular flexibility index (Phi) is 3.33. The van der Waals surface area contributed by atoms with Crippen LogP contribution in [-0.2, 0) is 16.0 Å². The topological polar surface area (TPSA) is 57.0 Å². The van der Waals surface area contributed by atoms with E-state index in [-0.39, 0.29) is 17.7 Å². The van der Waals surface area contributed by atoms with Crippen LogP contribution in [0.15, 0.2) is 6.33 Å². The first-order valence-electron chi connectivity index (χ1n) is 5.67. The van der Waals surface area contributed by atoms with Crippen molar-refractivity contribution in [3.63, 3.8) is 0 Å². The fourth-order valence-electron chi connectivity index (χ4n) is 1.92. The van der Waals surface area contributed by atoms with Crippen LogP contribution in [0.1, 0.15) is 32.1 Å². The van der Waals surface area contributed by atoms with Gasteiger partial charge in [-0.15, -0.1) is 0 Å². The molecular formula is C11H17N3O2. The Morgan fingerprint density at radius 1 is 1.69 bits per heavy atom. The molecule has 0 saturated carbocycles. The lowest BCUT2D eigenvalue weighted by atomic mass is 10.0. The third kappa shape index (κ3) is 2.29. The molecule has 16 heavy (non-hydrogen) atoms. The van der Waals surface area contributed by atoms with Gasteiger partial charge in [-0.2, -0.15) is 5.10 Å². The SMILES string of the molecule is CC(C)n1ncnc1CC(=O)C1CCOC1. The van der Waals surface area contributed by atoms with Crippen LogP contribution in [0.25, 0.3) is 0 Å². The summed E-state index contributed by atoms with van der Waals surface area (Å²) in [4.78, 5) is 16.1. The number of rotatable bonds is 4. The second-order valence-electron chi connectivity index (χ2n) is 4.42. The van der Waals surface area contributed by atoms with Crippen LogP contribution in [0.2, 0.25) is 0 Å². The van der Waals surface area contributed by atoms with E-state index in [1.165, 1.54) is 6.33 Å². The van der Waals surface area contributed by atoms with Crippen molar-refractivity contribution >= 4 is 5.78 Å². The summed E-state index contributed by atoms with van der Waals surface area (Å²) in [6.45, 7) is 5.32. The van der Waals surface area contributed by atoms with Gasteiger partial charge in [-0.05, 0) is 20.3 Å². The standard InChI is InChI=1S/C11H17N3O2/c1-8(2)14-11(12-7-13-14)5-10(15)9-3-4-16-6-9/h7-9H,3-6H2,1-2H3. The number of ketones is 1. The molecule has 0 aliphatic carbocycles. The Labute approximate surface area is 94.8 Å². The van der Waals surface area contributed by atoms with Gasteiger partial charge in [-0.25, -0.2) is 9.67 Å². The van der Waals surface area contributed by atoms with Crippen LogP contribution in [0.3, 0.4) is 0 Å². The first-order chi connectivity index (χ1) is 7.68. The van der Waals surface area contributed by atoms with Gasteiger partial charge in [0.25, 0.3) is 0 Å². The van der Waals surface area contributed by atoms with E-state index in [4.69, 9.17) is 4.74 Å². The van der Waals surface area contributed by atoms with E-state index in [9.17, 15) is 4.79 Å². The number of ether oxygens (including phenoxy) is 1. The molecule has 0 N–H and O–H groups in total. The van der Waals surface area contributed by atoms with Crippen molar-refractivity contribution in [2.45, 2.75) is 32.7 Å². The van der Waals surface area contributed by atoms with Crippen molar-refractivity contribution in [1.82, 2.24) is 14.8 Å². The predicted octanol–water partition coefficient (Wildman–Crippen LogP) is 1.01. The molecule has 1 atom stereocenters. The predicted molar refractivity (Wildman–Crippen MR) is 58.0 cm³/mol. The van der Waals surface area contributed by atoms with Crippen molar-refractivity contribution in [1.29, 1.82) is 0 Å². The largest absolute Gasteiger partial charge is 0.381 e. The monoisotopic (exact) mass is 223 g/mol. The van der Waals surface area contributed by atoms with E-state index in [1.54, 1.807) is 4.68 Å². The third-order valence-electron chi connectivity index (χ3n) is 2.85. The van der Waals surface area contributed by atoms with Gasteiger partial charge < -0.3 is 4.74 Å². The Bertz CT molecular complexity index is 367. The van der Waals surface area contributed by atoms with E-state index < -0.39 is 0 Å². The molecule has 1 saturated heterocycles. The summed E-state index contributed by atoms with van der Waals surface area (Å²) in [6.07, 6.45) is 2.72. The number of aromatic nitrogens is 3. The lowest BCUT2D eigenvalue weighted by Crippen LogP contribution is -2.20. The summed E-state index contributed by atoms with van der Waals surface area (Å²) < 4.78 is 7.01. The number of carbonyl (C=O) groups is 1. The third-order valence-corrected chi connectivity index (χ3v) is 2.85. The summed E-state index contributed by atoms with van der Waals surface area (Å²) in [6, 6.07) is 0.241. The Morgan fingerprint density at radius 2 is 2.50 bits per heavy atom. The van der Waals surface area contributed by atoms with Crippen molar-refractivity contribution in [3.05, 3.63) is 12.2 Å². The van der Waals surface area contributed by atoms with Gasteiger partial charge >= 0.3 is 0 Å². The van der Waals surface area contributed by atoms with Crippen LogP contribution in [-0.4, -0.2) is 33.8 Å². The number of Topliss-reactive ketones (excluding diaryl/α,β-unsaturated/α-hetero) is 1. The molecule has 2 rings (SSSR count). The maximum atomic E-state index is 11.9. The van der Waals surface area contributed by atoms with E-state index in [2.05, 4.69) is 10.1 Å². The summed E-state index contributed by atoms with van der Waals surface area (Å²) >= 11 is 0. The van der Waals surface area contributed by atoms with Crippen molar-refractivity contribution in [2.24, 2.45) is 5.92 Å². The Hall–Kier alpha value is -1.23. The van der Waals surface area contributed by atoms with Crippen LogP contribution in [0.4, 0.5) is 0 Å². The average molecular weight is 223 g/mol. The van der Waals surface area contributed by atoms with Gasteiger partial charge in [0.15, 0.2) is 0 Å². The van der Waals surface area contributed by atoms with Crippen molar-refractivity contribution < 1.29 is 9.53 Å². The zero-order chi connectivity index (χ0) is 11.5. The Balaban J connectivity index is 2.02. The smallest absolute Gasteiger partial charge is 0.145 e. The molecule has 5 heteroatoms. The number of hydrogen-bond acceptors (Lipinski definition) is 4. The lowest BCUT2D eigenvalue weighted by Gasteiger charge is -2.10. The highest BCUT2D eigenvalue weighted by molar-refractivity contribution is 5.82. The maximum absolute atomic E-state index is 11.9. The van der Waals surface area contributed by atoms with Crippen LogP contribution in [0, 0.1) is 5.92 Å². The summed E-state index contributed by atoms with van der Waals surface area (Å²) in [5.74, 6) is 1.02. The molecule has 0 spiro atoms. The van der Waals surface area contributed by atoms with E-state index in [1.807, 2.05) is 13.8 Å². The fourth-order valence-corrected chi connectivity index (χ4v) is 1.92. The van der Waals surface area contributed by atoms with Crippen LogP contribution in [0.5, 0.6) is 0 Å². The van der Waals surface area contributed by atoms with Gasteiger partial charge in [0.05, 0.1) is 13.0 Å². The average Bonchev–Trinajstić information content (AvgIpc) is 2.86. The molecule has 1 aromatic heterocycles. The summed E-state index contributed by atoms with van der Waals surface area (Å²) in [7, 11) is 0. The highest BCUT2D eigenvalue weighted by Crippen LogP contribution is 2.16.